The largest absolute Gasteiger partial charge is 0.493 e. The van der Waals surface area contributed by atoms with Crippen molar-refractivity contribution >= 4 is 5.91 Å². The predicted octanol–water partition coefficient (Wildman–Crippen LogP) is 2.93. The number of hydrogen-bond acceptors (Lipinski definition) is 4. The summed E-state index contributed by atoms with van der Waals surface area (Å²) < 4.78 is 11.0. The highest BCUT2D eigenvalue weighted by molar-refractivity contribution is 5.76. The number of hydrogen-bond donors (Lipinski definition) is 0. The maximum absolute atomic E-state index is 12.0. The number of rotatable bonds is 4. The van der Waals surface area contributed by atoms with Crippen LogP contribution in [0, 0.1) is 5.41 Å². The molecule has 2 aliphatic heterocycles. The SMILES string of the molecule is COc1cccc(CN2CCC3(CCC(=O)N(C)CC3)CC2)c1OC. The minimum atomic E-state index is 0.306. The number of benzene rings is 1. The van der Waals surface area contributed by atoms with E-state index in [1.165, 1.54) is 18.4 Å². The fraction of sp³-hybridized carbons (Fsp3) is 0.650. The molecule has 1 spiro atoms. The van der Waals surface area contributed by atoms with Crippen molar-refractivity contribution in [3.63, 3.8) is 0 Å². The van der Waals surface area contributed by atoms with Gasteiger partial charge in [0.15, 0.2) is 11.5 Å². The molecule has 1 amide bonds. The van der Waals surface area contributed by atoms with Gasteiger partial charge in [-0.3, -0.25) is 9.69 Å². The van der Waals surface area contributed by atoms with Gasteiger partial charge in [-0.15, -0.1) is 0 Å². The van der Waals surface area contributed by atoms with E-state index in [1.807, 2.05) is 24.1 Å². The monoisotopic (exact) mass is 346 g/mol. The summed E-state index contributed by atoms with van der Waals surface area (Å²) in [6, 6.07) is 6.08. The summed E-state index contributed by atoms with van der Waals surface area (Å²) in [6.07, 6.45) is 5.26. The van der Waals surface area contributed by atoms with Crippen LogP contribution in [0.4, 0.5) is 0 Å². The number of carbonyl (C=O) groups excluding carboxylic acids is 1. The number of amides is 1. The zero-order chi connectivity index (χ0) is 17.9. The van der Waals surface area contributed by atoms with Gasteiger partial charge in [0, 0.05) is 32.1 Å². The first-order valence-corrected chi connectivity index (χ1v) is 9.23. The molecule has 2 heterocycles. The molecule has 0 unspecified atom stereocenters. The molecule has 25 heavy (non-hydrogen) atoms. The Morgan fingerprint density at radius 1 is 1.04 bits per heavy atom. The first-order chi connectivity index (χ1) is 12.1. The lowest BCUT2D eigenvalue weighted by Gasteiger charge is -2.41. The van der Waals surface area contributed by atoms with Crippen LogP contribution in [0.5, 0.6) is 11.5 Å². The lowest BCUT2D eigenvalue weighted by molar-refractivity contribution is -0.129. The van der Waals surface area contributed by atoms with E-state index in [1.54, 1.807) is 14.2 Å². The van der Waals surface area contributed by atoms with E-state index in [-0.39, 0.29) is 0 Å². The van der Waals surface area contributed by atoms with Crippen molar-refractivity contribution in [2.75, 3.05) is 40.9 Å². The van der Waals surface area contributed by atoms with Gasteiger partial charge in [-0.1, -0.05) is 12.1 Å². The van der Waals surface area contributed by atoms with E-state index in [4.69, 9.17) is 9.47 Å². The summed E-state index contributed by atoms with van der Waals surface area (Å²) in [5.74, 6) is 1.94. The number of para-hydroxylation sites is 1. The van der Waals surface area contributed by atoms with E-state index in [9.17, 15) is 4.79 Å². The standard InChI is InChI=1S/C20H30N2O3/c1-21-12-9-20(8-7-18(21)23)10-13-22(14-11-20)15-16-5-4-6-17(24-2)19(16)25-3/h4-6H,7-15H2,1-3H3. The number of piperidine rings is 1. The van der Waals surface area contributed by atoms with Gasteiger partial charge in [0.2, 0.25) is 5.91 Å². The molecule has 0 atom stereocenters. The molecule has 0 bridgehead atoms. The number of methoxy groups -OCH3 is 2. The van der Waals surface area contributed by atoms with Crippen LogP contribution in [0.2, 0.25) is 0 Å². The zero-order valence-corrected chi connectivity index (χ0v) is 15.7. The molecule has 2 fully saturated rings. The summed E-state index contributed by atoms with van der Waals surface area (Å²) in [4.78, 5) is 16.4. The molecular weight excluding hydrogens is 316 g/mol. The first kappa shape index (κ1) is 18.1. The zero-order valence-electron chi connectivity index (χ0n) is 15.7. The predicted molar refractivity (Wildman–Crippen MR) is 98.0 cm³/mol. The maximum Gasteiger partial charge on any atom is 0.222 e. The Labute approximate surface area is 150 Å². The highest BCUT2D eigenvalue weighted by Crippen LogP contribution is 2.42. The minimum absolute atomic E-state index is 0.306. The second-order valence-corrected chi connectivity index (χ2v) is 7.49. The molecular formula is C20H30N2O3. The van der Waals surface area contributed by atoms with Gasteiger partial charge in [0.1, 0.15) is 0 Å². The Morgan fingerprint density at radius 2 is 1.76 bits per heavy atom. The molecule has 2 saturated heterocycles. The van der Waals surface area contributed by atoms with Crippen LogP contribution in [0.25, 0.3) is 0 Å². The van der Waals surface area contributed by atoms with Crippen molar-refractivity contribution in [2.45, 2.75) is 38.6 Å². The first-order valence-electron chi connectivity index (χ1n) is 9.23. The van der Waals surface area contributed by atoms with Crippen molar-refractivity contribution in [3.8, 4) is 11.5 Å². The smallest absolute Gasteiger partial charge is 0.222 e. The van der Waals surface area contributed by atoms with Gasteiger partial charge >= 0.3 is 0 Å². The summed E-state index contributed by atoms with van der Waals surface area (Å²) in [6.45, 7) is 3.95. The minimum Gasteiger partial charge on any atom is -0.493 e. The summed E-state index contributed by atoms with van der Waals surface area (Å²) in [7, 11) is 5.31. The molecule has 1 aromatic carbocycles. The van der Waals surface area contributed by atoms with E-state index in [0.717, 1.165) is 50.5 Å². The molecule has 1 aromatic rings. The highest BCUT2D eigenvalue weighted by atomic mass is 16.5. The fourth-order valence-electron chi connectivity index (χ4n) is 4.22. The third-order valence-corrected chi connectivity index (χ3v) is 6.07. The molecule has 138 valence electrons. The maximum atomic E-state index is 12.0. The molecule has 0 radical (unpaired) electrons. The van der Waals surface area contributed by atoms with Gasteiger partial charge in [0.25, 0.3) is 0 Å². The Balaban J connectivity index is 1.63. The number of ether oxygens (including phenoxy) is 2. The molecule has 5 heteroatoms. The normalized spacial score (nSPS) is 21.2. The Kier molecular flexibility index (Phi) is 5.52. The molecule has 0 aromatic heterocycles. The average Bonchev–Trinajstić information content (AvgIpc) is 2.78. The van der Waals surface area contributed by atoms with Crippen LogP contribution in [-0.2, 0) is 11.3 Å². The molecule has 2 aliphatic rings. The summed E-state index contributed by atoms with van der Waals surface area (Å²) in [5.41, 5.74) is 1.53. The molecule has 0 N–H and O–H groups in total. The van der Waals surface area contributed by atoms with Crippen LogP contribution in [0.1, 0.15) is 37.7 Å². The van der Waals surface area contributed by atoms with Crippen LogP contribution in [0.3, 0.4) is 0 Å². The topological polar surface area (TPSA) is 42.0 Å². The molecule has 0 saturated carbocycles. The van der Waals surface area contributed by atoms with Crippen LogP contribution < -0.4 is 9.47 Å². The van der Waals surface area contributed by atoms with Crippen molar-refractivity contribution in [1.29, 1.82) is 0 Å². The third kappa shape index (κ3) is 3.92. The lowest BCUT2D eigenvalue weighted by Crippen LogP contribution is -2.40. The van der Waals surface area contributed by atoms with Crippen LogP contribution in [-0.4, -0.2) is 56.6 Å². The molecule has 3 rings (SSSR count). The fourth-order valence-corrected chi connectivity index (χ4v) is 4.22. The van der Waals surface area contributed by atoms with Crippen LogP contribution in [0.15, 0.2) is 18.2 Å². The highest BCUT2D eigenvalue weighted by Gasteiger charge is 2.37. The van der Waals surface area contributed by atoms with E-state index >= 15 is 0 Å². The van der Waals surface area contributed by atoms with Gasteiger partial charge < -0.3 is 14.4 Å². The van der Waals surface area contributed by atoms with Crippen molar-refractivity contribution in [2.24, 2.45) is 5.41 Å². The Morgan fingerprint density at radius 3 is 2.44 bits per heavy atom. The number of carbonyl (C=O) groups is 1. The Hall–Kier alpha value is -1.75. The third-order valence-electron chi connectivity index (χ3n) is 6.07. The summed E-state index contributed by atoms with van der Waals surface area (Å²) >= 11 is 0. The van der Waals surface area contributed by atoms with E-state index < -0.39 is 0 Å². The average molecular weight is 346 g/mol. The van der Waals surface area contributed by atoms with E-state index in [0.29, 0.717) is 17.7 Å². The van der Waals surface area contributed by atoms with Gasteiger partial charge in [-0.2, -0.15) is 0 Å². The number of likely N-dealkylation sites (tertiary alicyclic amines) is 2. The van der Waals surface area contributed by atoms with Crippen molar-refractivity contribution in [1.82, 2.24) is 9.80 Å². The van der Waals surface area contributed by atoms with Crippen LogP contribution >= 0.6 is 0 Å². The van der Waals surface area contributed by atoms with Gasteiger partial charge in [-0.25, -0.2) is 0 Å². The van der Waals surface area contributed by atoms with Gasteiger partial charge in [-0.05, 0) is 50.3 Å². The Bertz CT molecular complexity index is 609. The van der Waals surface area contributed by atoms with Crippen molar-refractivity contribution in [3.05, 3.63) is 23.8 Å². The second kappa shape index (κ2) is 7.65. The lowest BCUT2D eigenvalue weighted by atomic mass is 9.73. The molecule has 5 nitrogen and oxygen atoms in total. The quantitative estimate of drug-likeness (QED) is 0.841. The summed E-state index contributed by atoms with van der Waals surface area (Å²) in [5, 5.41) is 0. The molecule has 0 aliphatic carbocycles. The second-order valence-electron chi connectivity index (χ2n) is 7.49. The van der Waals surface area contributed by atoms with E-state index in [2.05, 4.69) is 11.0 Å². The number of nitrogens with zero attached hydrogens (tertiary/aromatic N) is 2. The van der Waals surface area contributed by atoms with Crippen molar-refractivity contribution < 1.29 is 14.3 Å². The van der Waals surface area contributed by atoms with Gasteiger partial charge in [0.05, 0.1) is 14.2 Å².